The zero-order chi connectivity index (χ0) is 21.5. The van der Waals surface area contributed by atoms with Crippen LogP contribution in [-0.4, -0.2) is 33.0 Å². The van der Waals surface area contributed by atoms with E-state index < -0.39 is 35.6 Å². The minimum atomic E-state index is -2.80. The predicted molar refractivity (Wildman–Crippen MR) is 105 cm³/mol. The molecule has 1 fully saturated rings. The van der Waals surface area contributed by atoms with E-state index in [1.54, 1.807) is 0 Å². The summed E-state index contributed by atoms with van der Waals surface area (Å²) in [7, 11) is 0. The maximum Gasteiger partial charge on any atom is 0.281 e. The molecule has 0 saturated heterocycles. The Morgan fingerprint density at radius 3 is 2.80 bits per heavy atom. The normalized spacial score (nSPS) is 25.7. The lowest BCUT2D eigenvalue weighted by atomic mass is 9.81. The van der Waals surface area contributed by atoms with Gasteiger partial charge in [0.15, 0.2) is 5.17 Å². The molecule has 1 saturated carbocycles. The third kappa shape index (κ3) is 3.73. The van der Waals surface area contributed by atoms with Crippen LogP contribution in [0, 0.1) is 11.7 Å². The highest BCUT2D eigenvalue weighted by atomic mass is 32.2. The second-order valence-electron chi connectivity index (χ2n) is 7.20. The Hall–Kier alpha value is -2.69. The molecule has 3 N–H and O–H groups in total. The van der Waals surface area contributed by atoms with E-state index in [0.29, 0.717) is 5.75 Å². The second kappa shape index (κ2) is 7.86. The number of nitrogens with zero attached hydrogens (tertiary/aromatic N) is 3. The first kappa shape index (κ1) is 20.6. The molecule has 2 aromatic rings. The number of nitrogens with one attached hydrogen (secondary N) is 1. The van der Waals surface area contributed by atoms with Crippen molar-refractivity contribution in [2.75, 3.05) is 11.1 Å². The van der Waals surface area contributed by atoms with Gasteiger partial charge in [0.2, 0.25) is 0 Å². The predicted octanol–water partition coefficient (Wildman–Crippen LogP) is 3.81. The summed E-state index contributed by atoms with van der Waals surface area (Å²) in [6, 6.07) is 3.92. The van der Waals surface area contributed by atoms with Gasteiger partial charge < -0.3 is 11.1 Å². The molecule has 1 amide bonds. The van der Waals surface area contributed by atoms with Gasteiger partial charge in [-0.2, -0.15) is 0 Å². The summed E-state index contributed by atoms with van der Waals surface area (Å²) in [5.41, 5.74) is 4.41. The quantitative estimate of drug-likeness (QED) is 0.707. The Morgan fingerprint density at radius 1 is 1.30 bits per heavy atom. The van der Waals surface area contributed by atoms with E-state index in [0.717, 1.165) is 12.4 Å². The maximum absolute atomic E-state index is 14.8. The van der Waals surface area contributed by atoms with Crippen LogP contribution < -0.4 is 11.1 Å². The SMILES string of the molecule is NC1=NC2(c3cc(NC(=O)c4cnc(C(F)F)cn4)ccc3F)CC(F)CC2CS1. The summed E-state index contributed by atoms with van der Waals surface area (Å²) in [5.74, 6) is -0.973. The lowest BCUT2D eigenvalue weighted by molar-refractivity contribution is 0.102. The van der Waals surface area contributed by atoms with Gasteiger partial charge in [-0.05, 0) is 24.6 Å². The number of carbonyl (C=O) groups excluding carboxylic acids is 1. The molecule has 2 aliphatic rings. The Morgan fingerprint density at radius 2 is 2.10 bits per heavy atom. The molecule has 3 unspecified atom stereocenters. The molecule has 30 heavy (non-hydrogen) atoms. The number of benzene rings is 1. The van der Waals surface area contributed by atoms with Gasteiger partial charge in [0, 0.05) is 29.3 Å². The number of anilines is 1. The lowest BCUT2D eigenvalue weighted by Gasteiger charge is -2.35. The van der Waals surface area contributed by atoms with Gasteiger partial charge in [0.05, 0.1) is 17.9 Å². The average Bonchev–Trinajstić information content (AvgIpc) is 3.05. The molecule has 0 radical (unpaired) electrons. The van der Waals surface area contributed by atoms with Gasteiger partial charge in [-0.1, -0.05) is 11.8 Å². The molecular formula is C19H17F4N5OS. The van der Waals surface area contributed by atoms with Crippen molar-refractivity contribution in [1.29, 1.82) is 0 Å². The number of aromatic nitrogens is 2. The number of rotatable bonds is 4. The fraction of sp³-hybridized carbons (Fsp3) is 0.368. The number of nitrogens with two attached hydrogens (primary N) is 1. The zero-order valence-corrected chi connectivity index (χ0v) is 16.3. The van der Waals surface area contributed by atoms with Crippen molar-refractivity contribution < 1.29 is 22.4 Å². The third-order valence-electron chi connectivity index (χ3n) is 5.31. The Bertz CT molecular complexity index is 1000. The van der Waals surface area contributed by atoms with Crippen LogP contribution in [0.15, 0.2) is 35.6 Å². The number of hydrogen-bond donors (Lipinski definition) is 2. The number of carbonyl (C=O) groups is 1. The minimum Gasteiger partial charge on any atom is -0.379 e. The van der Waals surface area contributed by atoms with Gasteiger partial charge in [-0.25, -0.2) is 22.5 Å². The molecular weight excluding hydrogens is 422 g/mol. The first-order chi connectivity index (χ1) is 14.3. The van der Waals surface area contributed by atoms with Crippen molar-refractivity contribution in [3.8, 4) is 0 Å². The maximum atomic E-state index is 14.8. The van der Waals surface area contributed by atoms with Crippen molar-refractivity contribution in [1.82, 2.24) is 9.97 Å². The van der Waals surface area contributed by atoms with Gasteiger partial charge in [0.25, 0.3) is 12.3 Å². The first-order valence-electron chi connectivity index (χ1n) is 9.12. The van der Waals surface area contributed by atoms with E-state index in [4.69, 9.17) is 5.73 Å². The molecule has 2 heterocycles. The summed E-state index contributed by atoms with van der Waals surface area (Å²) < 4.78 is 54.2. The summed E-state index contributed by atoms with van der Waals surface area (Å²) in [4.78, 5) is 24.0. The van der Waals surface area contributed by atoms with Crippen LogP contribution >= 0.6 is 11.8 Å². The average molecular weight is 439 g/mol. The highest BCUT2D eigenvalue weighted by Gasteiger charge is 2.52. The molecule has 0 bridgehead atoms. The van der Waals surface area contributed by atoms with Crippen LogP contribution in [0.25, 0.3) is 0 Å². The summed E-state index contributed by atoms with van der Waals surface area (Å²) in [5, 5.41) is 2.81. The van der Waals surface area contributed by atoms with E-state index in [1.165, 1.54) is 30.0 Å². The van der Waals surface area contributed by atoms with Crippen LogP contribution in [-0.2, 0) is 5.54 Å². The number of halogens is 4. The summed E-state index contributed by atoms with van der Waals surface area (Å²) in [6.07, 6.45) is -1.92. The smallest absolute Gasteiger partial charge is 0.281 e. The van der Waals surface area contributed by atoms with E-state index >= 15 is 0 Å². The van der Waals surface area contributed by atoms with Crippen molar-refractivity contribution >= 4 is 28.5 Å². The lowest BCUT2D eigenvalue weighted by Crippen LogP contribution is -2.37. The number of aliphatic imine (C=N–C) groups is 1. The molecule has 11 heteroatoms. The summed E-state index contributed by atoms with van der Waals surface area (Å²) >= 11 is 1.31. The van der Waals surface area contributed by atoms with Gasteiger partial charge in [-0.15, -0.1) is 0 Å². The van der Waals surface area contributed by atoms with Crippen LogP contribution in [0.5, 0.6) is 0 Å². The number of thioether (sulfide) groups is 1. The van der Waals surface area contributed by atoms with Crippen molar-refractivity contribution in [2.45, 2.75) is 31.0 Å². The number of amides is 1. The van der Waals surface area contributed by atoms with Gasteiger partial charge in [-0.3, -0.25) is 14.8 Å². The molecule has 158 valence electrons. The van der Waals surface area contributed by atoms with Gasteiger partial charge >= 0.3 is 0 Å². The Kier molecular flexibility index (Phi) is 5.39. The highest BCUT2D eigenvalue weighted by Crippen LogP contribution is 2.52. The number of fused-ring (bicyclic) bond motifs is 1. The van der Waals surface area contributed by atoms with E-state index in [1.807, 2.05) is 0 Å². The van der Waals surface area contributed by atoms with Crippen LogP contribution in [0.3, 0.4) is 0 Å². The monoisotopic (exact) mass is 439 g/mol. The Balaban J connectivity index is 1.64. The van der Waals surface area contributed by atoms with E-state index in [2.05, 4.69) is 20.3 Å². The Labute approximate surface area is 173 Å². The molecule has 1 aromatic heterocycles. The fourth-order valence-corrected chi connectivity index (χ4v) is 4.95. The van der Waals surface area contributed by atoms with Crippen molar-refractivity contribution in [3.05, 3.63) is 53.4 Å². The third-order valence-corrected chi connectivity index (χ3v) is 6.27. The van der Waals surface area contributed by atoms with E-state index in [9.17, 15) is 22.4 Å². The number of hydrogen-bond acceptors (Lipinski definition) is 6. The van der Waals surface area contributed by atoms with Crippen molar-refractivity contribution in [2.24, 2.45) is 16.6 Å². The molecule has 6 nitrogen and oxygen atoms in total. The first-order valence-corrected chi connectivity index (χ1v) is 10.1. The summed E-state index contributed by atoms with van der Waals surface area (Å²) in [6.45, 7) is 0. The van der Waals surface area contributed by atoms with Crippen LogP contribution in [0.4, 0.5) is 23.2 Å². The van der Waals surface area contributed by atoms with Gasteiger partial charge in [0.1, 0.15) is 23.4 Å². The zero-order valence-electron chi connectivity index (χ0n) is 15.5. The molecule has 3 atom stereocenters. The number of amidine groups is 1. The standard InChI is InChI=1S/C19H17F4N5OS/c20-10-3-9-8-30-18(24)28-19(9,5-10)12-4-11(1-2-13(12)21)27-17(29)15-7-25-14(6-26-15)16(22)23/h1-2,4,6-7,9-10,16H,3,5,8H2,(H2,24,28)(H,27,29). The molecule has 1 aromatic carbocycles. The largest absolute Gasteiger partial charge is 0.379 e. The second-order valence-corrected chi connectivity index (χ2v) is 8.24. The molecule has 1 aliphatic heterocycles. The van der Waals surface area contributed by atoms with Crippen LogP contribution in [0.1, 0.15) is 41.0 Å². The topological polar surface area (TPSA) is 93.3 Å². The molecule has 4 rings (SSSR count). The molecule has 0 spiro atoms. The van der Waals surface area contributed by atoms with Crippen LogP contribution in [0.2, 0.25) is 0 Å². The van der Waals surface area contributed by atoms with E-state index in [-0.39, 0.29) is 40.9 Å². The minimum absolute atomic E-state index is 0.00775. The number of alkyl halides is 3. The molecule has 1 aliphatic carbocycles. The fourth-order valence-electron chi connectivity index (χ4n) is 3.94. The van der Waals surface area contributed by atoms with Crippen molar-refractivity contribution in [3.63, 3.8) is 0 Å². The highest BCUT2D eigenvalue weighted by molar-refractivity contribution is 8.13.